The van der Waals surface area contributed by atoms with E-state index in [0.29, 0.717) is 0 Å². The lowest BCUT2D eigenvalue weighted by atomic mass is 9.94. The first-order valence-electron chi connectivity index (χ1n) is 8.71. The summed E-state index contributed by atoms with van der Waals surface area (Å²) in [7, 11) is 2.09. The van der Waals surface area contributed by atoms with Gasteiger partial charge < -0.3 is 9.30 Å². The normalized spacial score (nSPS) is 21.2. The first-order valence-corrected chi connectivity index (χ1v) is 8.71. The van der Waals surface area contributed by atoms with Gasteiger partial charge in [0.15, 0.2) is 0 Å². The number of aryl methyl sites for hydroxylation is 1. The minimum Gasteiger partial charge on any atom is -0.493 e. The minimum absolute atomic E-state index is 0.725. The molecule has 1 atom stereocenters. The van der Waals surface area contributed by atoms with Crippen molar-refractivity contribution in [3.05, 3.63) is 47.5 Å². The summed E-state index contributed by atoms with van der Waals surface area (Å²) in [6, 6.07) is 6.71. The molecule has 1 aromatic heterocycles. The summed E-state index contributed by atoms with van der Waals surface area (Å²) >= 11 is 0. The summed E-state index contributed by atoms with van der Waals surface area (Å²) < 4.78 is 7.76. The molecule has 4 nitrogen and oxygen atoms in total. The van der Waals surface area contributed by atoms with Gasteiger partial charge in [-0.2, -0.15) is 0 Å². The molecule has 4 heteroatoms. The number of nitrogens with zero attached hydrogens (tertiary/aromatic N) is 3. The number of hydrogen-bond acceptors (Lipinski definition) is 3. The molecular formula is C19H25N3O. The van der Waals surface area contributed by atoms with Crippen LogP contribution in [0, 0.1) is 5.92 Å². The van der Waals surface area contributed by atoms with Crippen LogP contribution in [0.5, 0.6) is 5.75 Å². The third kappa shape index (κ3) is 3.27. The number of aromatic nitrogens is 2. The highest BCUT2D eigenvalue weighted by molar-refractivity contribution is 5.39. The number of piperidine rings is 1. The van der Waals surface area contributed by atoms with Crippen LogP contribution in [0.15, 0.2) is 30.6 Å². The Morgan fingerprint density at radius 1 is 1.35 bits per heavy atom. The Labute approximate surface area is 138 Å². The first-order chi connectivity index (χ1) is 11.3. The highest BCUT2D eigenvalue weighted by atomic mass is 16.5. The third-order valence-electron chi connectivity index (χ3n) is 5.16. The Morgan fingerprint density at radius 3 is 3.17 bits per heavy atom. The van der Waals surface area contributed by atoms with Gasteiger partial charge in [-0.05, 0) is 42.5 Å². The molecule has 1 aromatic carbocycles. The van der Waals surface area contributed by atoms with Crippen molar-refractivity contribution in [2.75, 3.05) is 19.7 Å². The second-order valence-electron chi connectivity index (χ2n) is 6.94. The number of rotatable bonds is 4. The quantitative estimate of drug-likeness (QED) is 0.870. The van der Waals surface area contributed by atoms with Crippen molar-refractivity contribution >= 4 is 0 Å². The van der Waals surface area contributed by atoms with Gasteiger partial charge in [-0.15, -0.1) is 0 Å². The lowest BCUT2D eigenvalue weighted by Gasteiger charge is -2.32. The predicted octanol–water partition coefficient (Wildman–Crippen LogP) is 2.81. The van der Waals surface area contributed by atoms with Gasteiger partial charge in [-0.25, -0.2) is 4.98 Å². The van der Waals surface area contributed by atoms with E-state index in [4.69, 9.17) is 4.74 Å². The SMILES string of the molecule is Cn1ccnc1C[C@@H]1CCCN(Cc2ccc3c(c2)CCO3)C1. The van der Waals surface area contributed by atoms with Crippen molar-refractivity contribution in [3.8, 4) is 5.75 Å². The second kappa shape index (κ2) is 6.36. The molecule has 0 spiro atoms. The maximum absolute atomic E-state index is 5.61. The van der Waals surface area contributed by atoms with E-state index < -0.39 is 0 Å². The van der Waals surface area contributed by atoms with Crippen molar-refractivity contribution in [2.45, 2.75) is 32.2 Å². The molecule has 2 aliphatic rings. The number of ether oxygens (including phenoxy) is 1. The molecule has 2 aromatic rings. The smallest absolute Gasteiger partial charge is 0.122 e. The zero-order chi connectivity index (χ0) is 15.6. The maximum atomic E-state index is 5.61. The van der Waals surface area contributed by atoms with Crippen LogP contribution in [-0.2, 0) is 26.4 Å². The van der Waals surface area contributed by atoms with Gasteiger partial charge in [0.25, 0.3) is 0 Å². The number of hydrogen-bond donors (Lipinski definition) is 0. The number of likely N-dealkylation sites (tertiary alicyclic amines) is 1. The standard InChI is InChI=1S/C19H25N3O/c1-21-9-7-20-19(21)12-15-3-2-8-22(13-15)14-16-4-5-18-17(11-16)6-10-23-18/h4-5,7,9,11,15H,2-3,6,8,10,12-14H2,1H3/t15-/m0/s1. The van der Waals surface area contributed by atoms with Crippen LogP contribution in [0.4, 0.5) is 0 Å². The molecule has 0 saturated carbocycles. The lowest BCUT2D eigenvalue weighted by Crippen LogP contribution is -2.36. The number of imidazole rings is 1. The molecule has 0 bridgehead atoms. The Balaban J connectivity index is 1.38. The van der Waals surface area contributed by atoms with E-state index in [9.17, 15) is 0 Å². The van der Waals surface area contributed by atoms with E-state index in [1.807, 2.05) is 12.4 Å². The fraction of sp³-hybridized carbons (Fsp3) is 0.526. The van der Waals surface area contributed by atoms with Gasteiger partial charge in [-0.3, -0.25) is 4.90 Å². The number of fused-ring (bicyclic) bond motifs is 1. The zero-order valence-corrected chi connectivity index (χ0v) is 13.9. The van der Waals surface area contributed by atoms with E-state index >= 15 is 0 Å². The molecule has 3 heterocycles. The maximum Gasteiger partial charge on any atom is 0.122 e. The van der Waals surface area contributed by atoms with E-state index in [2.05, 4.69) is 39.7 Å². The molecule has 1 fully saturated rings. The first kappa shape index (κ1) is 14.8. The van der Waals surface area contributed by atoms with Crippen LogP contribution in [0.2, 0.25) is 0 Å². The van der Waals surface area contributed by atoms with Crippen molar-refractivity contribution in [2.24, 2.45) is 13.0 Å². The second-order valence-corrected chi connectivity index (χ2v) is 6.94. The predicted molar refractivity (Wildman–Crippen MR) is 90.6 cm³/mol. The molecule has 0 N–H and O–H groups in total. The Bertz CT molecular complexity index is 679. The Morgan fingerprint density at radius 2 is 2.30 bits per heavy atom. The summed E-state index contributed by atoms with van der Waals surface area (Å²) in [5.74, 6) is 3.02. The molecule has 0 amide bonds. The number of benzene rings is 1. The van der Waals surface area contributed by atoms with Crippen molar-refractivity contribution < 1.29 is 4.74 Å². The molecule has 0 aliphatic carbocycles. The molecule has 0 radical (unpaired) electrons. The van der Waals surface area contributed by atoms with Crippen LogP contribution in [0.1, 0.15) is 29.8 Å². The summed E-state index contributed by atoms with van der Waals surface area (Å²) in [5.41, 5.74) is 2.80. The van der Waals surface area contributed by atoms with Crippen LogP contribution < -0.4 is 4.74 Å². The van der Waals surface area contributed by atoms with Crippen molar-refractivity contribution in [1.29, 1.82) is 0 Å². The molecule has 1 saturated heterocycles. The molecule has 2 aliphatic heterocycles. The average Bonchev–Trinajstić information content (AvgIpc) is 3.17. The van der Waals surface area contributed by atoms with Crippen LogP contribution in [-0.4, -0.2) is 34.1 Å². The molecule has 23 heavy (non-hydrogen) atoms. The lowest BCUT2D eigenvalue weighted by molar-refractivity contribution is 0.165. The molecule has 122 valence electrons. The zero-order valence-electron chi connectivity index (χ0n) is 13.9. The van der Waals surface area contributed by atoms with Gasteiger partial charge >= 0.3 is 0 Å². The van der Waals surface area contributed by atoms with E-state index in [-0.39, 0.29) is 0 Å². The van der Waals surface area contributed by atoms with E-state index in [1.165, 1.54) is 42.9 Å². The van der Waals surface area contributed by atoms with Gasteiger partial charge in [0.05, 0.1) is 6.61 Å². The van der Waals surface area contributed by atoms with Crippen molar-refractivity contribution in [3.63, 3.8) is 0 Å². The van der Waals surface area contributed by atoms with Crippen molar-refractivity contribution in [1.82, 2.24) is 14.5 Å². The summed E-state index contributed by atoms with van der Waals surface area (Å²) in [4.78, 5) is 7.09. The summed E-state index contributed by atoms with van der Waals surface area (Å²) in [6.07, 6.45) is 8.72. The highest BCUT2D eigenvalue weighted by Crippen LogP contribution is 2.27. The Hall–Kier alpha value is -1.81. The fourth-order valence-electron chi connectivity index (χ4n) is 3.91. The van der Waals surface area contributed by atoms with Gasteiger partial charge in [0.1, 0.15) is 11.6 Å². The fourth-order valence-corrected chi connectivity index (χ4v) is 3.91. The van der Waals surface area contributed by atoms with Crippen LogP contribution >= 0.6 is 0 Å². The highest BCUT2D eigenvalue weighted by Gasteiger charge is 2.22. The molecule has 0 unspecified atom stereocenters. The minimum atomic E-state index is 0.725. The summed E-state index contributed by atoms with van der Waals surface area (Å²) in [5, 5.41) is 0. The Kier molecular flexibility index (Phi) is 4.08. The summed E-state index contributed by atoms with van der Waals surface area (Å²) in [6.45, 7) is 4.30. The van der Waals surface area contributed by atoms with Gasteiger partial charge in [-0.1, -0.05) is 12.1 Å². The van der Waals surface area contributed by atoms with Crippen LogP contribution in [0.3, 0.4) is 0 Å². The van der Waals surface area contributed by atoms with E-state index in [1.54, 1.807) is 0 Å². The third-order valence-corrected chi connectivity index (χ3v) is 5.16. The van der Waals surface area contributed by atoms with E-state index in [0.717, 1.165) is 37.7 Å². The average molecular weight is 311 g/mol. The largest absolute Gasteiger partial charge is 0.493 e. The monoisotopic (exact) mass is 311 g/mol. The van der Waals surface area contributed by atoms with Gasteiger partial charge in [0, 0.05) is 45.4 Å². The molecular weight excluding hydrogens is 286 g/mol. The van der Waals surface area contributed by atoms with Crippen LogP contribution in [0.25, 0.3) is 0 Å². The topological polar surface area (TPSA) is 30.3 Å². The molecule has 4 rings (SSSR count). The van der Waals surface area contributed by atoms with Gasteiger partial charge in [0.2, 0.25) is 0 Å².